The van der Waals surface area contributed by atoms with Gasteiger partial charge in [0.05, 0.1) is 19.3 Å². The molecule has 0 heterocycles. The van der Waals surface area contributed by atoms with Crippen LogP contribution in [0.4, 0.5) is 13.6 Å². The highest BCUT2D eigenvalue weighted by Gasteiger charge is 2.50. The number of alkyl carbamates (subject to hydrolysis) is 1. The molecule has 6 amide bonds. The molecule has 7 atom stereocenters. The van der Waals surface area contributed by atoms with Crippen LogP contribution in [-0.2, 0) is 51.5 Å². The molecule has 65 heavy (non-hydrogen) atoms. The fourth-order valence-electron chi connectivity index (χ4n) is 6.55. The summed E-state index contributed by atoms with van der Waals surface area (Å²) >= 11 is 0. The molecule has 0 radical (unpaired) electrons. The number of benzene rings is 2. The Morgan fingerprint density at radius 2 is 1.32 bits per heavy atom. The first kappa shape index (κ1) is 55.4. The fraction of sp³-hybridized carbons (Fsp3) is 0.587. The van der Waals surface area contributed by atoms with Crippen LogP contribution in [0.3, 0.4) is 0 Å². The Hall–Kier alpha value is -5.69. The number of amides is 6. The van der Waals surface area contributed by atoms with E-state index in [1.165, 1.54) is 6.92 Å². The van der Waals surface area contributed by atoms with Crippen molar-refractivity contribution < 1.29 is 62.0 Å². The number of halogens is 2. The van der Waals surface area contributed by atoms with Crippen LogP contribution in [-0.4, -0.2) is 119 Å². The molecule has 0 spiro atoms. The van der Waals surface area contributed by atoms with Gasteiger partial charge in [0.15, 0.2) is 0 Å². The number of alkyl halides is 2. The lowest BCUT2D eigenvalue weighted by Crippen LogP contribution is -2.63. The lowest BCUT2D eigenvalue weighted by atomic mass is 9.95. The average molecular weight is 919 g/mol. The van der Waals surface area contributed by atoms with Gasteiger partial charge in [-0.1, -0.05) is 127 Å². The van der Waals surface area contributed by atoms with E-state index in [9.17, 15) is 43.8 Å². The molecule has 19 heteroatoms. The summed E-state index contributed by atoms with van der Waals surface area (Å²) in [6.45, 7) is 8.61. The molecule has 0 bridgehead atoms. The molecule has 2 rings (SSSR count). The van der Waals surface area contributed by atoms with Gasteiger partial charge in [-0.25, -0.2) is 4.79 Å². The van der Waals surface area contributed by atoms with E-state index < -0.39 is 103 Å². The number of carboxylic acids is 1. The first-order valence-electron chi connectivity index (χ1n) is 22.1. The van der Waals surface area contributed by atoms with Crippen LogP contribution in [0.5, 0.6) is 0 Å². The minimum absolute atomic E-state index is 0.00169. The second-order valence-corrected chi connectivity index (χ2v) is 16.5. The minimum atomic E-state index is -4.22. The topological polar surface area (TPSA) is 242 Å². The van der Waals surface area contributed by atoms with Gasteiger partial charge in [-0.05, 0) is 42.7 Å². The third-order valence-electron chi connectivity index (χ3n) is 10.7. The number of nitrogens with zero attached hydrogens (tertiary/aromatic N) is 1. The Morgan fingerprint density at radius 3 is 1.88 bits per heavy atom. The van der Waals surface area contributed by atoms with Crippen molar-refractivity contribution in [3.8, 4) is 0 Å². The number of aliphatic hydroxyl groups is 1. The summed E-state index contributed by atoms with van der Waals surface area (Å²) in [5, 5.41) is 31.8. The van der Waals surface area contributed by atoms with Crippen LogP contribution in [0, 0.1) is 11.8 Å². The summed E-state index contributed by atoms with van der Waals surface area (Å²) in [7, 11) is 1.03. The maximum atomic E-state index is 15.4. The molecule has 17 nitrogen and oxygen atoms in total. The standard InChI is InChI=1S/C46H68F2N6O11/c1-8-10-11-18-23-36(55)46(47,48)44(62)54(7)35(24-29(3)4)41(59)52-38(30(5)9-2)43(61)51-34(25-50-45(63)65-28-33-21-16-13-17-22-33)40(58)53-39(42(60)49-26-37(56)57)31(6)64-27-32-19-14-12-15-20-32/h12-17,19-22,29-31,34-36,38-39,55H,8-11,18,23-28H2,1-7H3,(H,49,60)(H,50,63)(H,51,61)(H,52,59)(H,53,58)(H,56,57)/t30-,31+,34+,35+,36?,38+,39+/m1/s1. The molecular formula is C46H68F2N6O11. The summed E-state index contributed by atoms with van der Waals surface area (Å²) in [4.78, 5) is 93.8. The number of aliphatic hydroxyl groups excluding tert-OH is 1. The van der Waals surface area contributed by atoms with E-state index in [0.29, 0.717) is 16.9 Å². The van der Waals surface area contributed by atoms with Crippen LogP contribution >= 0.6 is 0 Å². The maximum absolute atomic E-state index is 15.4. The fourth-order valence-corrected chi connectivity index (χ4v) is 6.55. The lowest BCUT2D eigenvalue weighted by molar-refractivity contribution is -0.177. The number of carbonyl (C=O) groups excluding carboxylic acids is 6. The number of aliphatic carboxylic acids is 1. The normalized spacial score (nSPS) is 14.6. The quantitative estimate of drug-likeness (QED) is 0.0575. The number of rotatable bonds is 29. The highest BCUT2D eigenvalue weighted by atomic mass is 19.3. The van der Waals surface area contributed by atoms with Crippen LogP contribution in [0.25, 0.3) is 0 Å². The first-order chi connectivity index (χ1) is 30.7. The van der Waals surface area contributed by atoms with Gasteiger partial charge in [-0.15, -0.1) is 0 Å². The van der Waals surface area contributed by atoms with E-state index in [-0.39, 0.29) is 44.8 Å². The molecule has 0 aliphatic rings. The molecule has 0 aliphatic heterocycles. The molecule has 2 aromatic carbocycles. The Balaban J connectivity index is 2.44. The van der Waals surface area contributed by atoms with E-state index in [0.717, 1.165) is 25.5 Å². The van der Waals surface area contributed by atoms with Gasteiger partial charge in [-0.2, -0.15) is 8.78 Å². The van der Waals surface area contributed by atoms with Gasteiger partial charge in [0.2, 0.25) is 23.6 Å². The predicted molar refractivity (Wildman–Crippen MR) is 237 cm³/mol. The molecule has 7 N–H and O–H groups in total. The summed E-state index contributed by atoms with van der Waals surface area (Å²) in [6.07, 6.45) is -2.01. The summed E-state index contributed by atoms with van der Waals surface area (Å²) in [5.74, 6) is -12.2. The number of hydrogen-bond donors (Lipinski definition) is 7. The molecule has 2 aromatic rings. The lowest BCUT2D eigenvalue weighted by Gasteiger charge is -2.34. The highest BCUT2D eigenvalue weighted by Crippen LogP contribution is 2.27. The van der Waals surface area contributed by atoms with Crippen molar-refractivity contribution in [3.05, 3.63) is 71.8 Å². The van der Waals surface area contributed by atoms with Crippen LogP contribution in [0.1, 0.15) is 97.6 Å². The van der Waals surface area contributed by atoms with Crippen molar-refractivity contribution >= 4 is 41.6 Å². The minimum Gasteiger partial charge on any atom is -0.480 e. The van der Waals surface area contributed by atoms with Crippen molar-refractivity contribution in [3.63, 3.8) is 0 Å². The van der Waals surface area contributed by atoms with E-state index in [1.54, 1.807) is 88.4 Å². The number of hydrogen-bond acceptors (Lipinski definition) is 10. The van der Waals surface area contributed by atoms with Crippen molar-refractivity contribution in [2.75, 3.05) is 20.1 Å². The Morgan fingerprint density at radius 1 is 0.738 bits per heavy atom. The third kappa shape index (κ3) is 19.1. The van der Waals surface area contributed by atoms with Gasteiger partial charge in [-0.3, -0.25) is 28.8 Å². The Labute approximate surface area is 380 Å². The van der Waals surface area contributed by atoms with Crippen molar-refractivity contribution in [2.45, 2.75) is 142 Å². The molecule has 0 fully saturated rings. The zero-order chi connectivity index (χ0) is 48.7. The molecule has 0 saturated carbocycles. The van der Waals surface area contributed by atoms with Gasteiger partial charge in [0.25, 0.3) is 5.91 Å². The van der Waals surface area contributed by atoms with E-state index >= 15 is 8.78 Å². The first-order valence-corrected chi connectivity index (χ1v) is 22.1. The largest absolute Gasteiger partial charge is 0.480 e. The van der Waals surface area contributed by atoms with E-state index in [1.807, 2.05) is 6.92 Å². The molecule has 1 unspecified atom stereocenters. The van der Waals surface area contributed by atoms with Crippen molar-refractivity contribution in [1.29, 1.82) is 0 Å². The Bertz CT molecular complexity index is 1820. The molecular weight excluding hydrogens is 851 g/mol. The second kappa shape index (κ2) is 28.3. The van der Waals surface area contributed by atoms with Crippen LogP contribution in [0.2, 0.25) is 0 Å². The molecule has 0 aromatic heterocycles. The van der Waals surface area contributed by atoms with Crippen LogP contribution < -0.4 is 26.6 Å². The maximum Gasteiger partial charge on any atom is 0.407 e. The average Bonchev–Trinajstić information content (AvgIpc) is 3.28. The van der Waals surface area contributed by atoms with Crippen molar-refractivity contribution in [1.82, 2.24) is 31.5 Å². The zero-order valence-corrected chi connectivity index (χ0v) is 38.4. The van der Waals surface area contributed by atoms with E-state index in [4.69, 9.17) is 9.47 Å². The Kier molecular flexibility index (Phi) is 24.1. The van der Waals surface area contributed by atoms with Gasteiger partial charge in [0, 0.05) is 7.05 Å². The number of ether oxygens (including phenoxy) is 2. The number of nitrogens with one attached hydrogen (secondary N) is 5. The molecule has 0 aliphatic carbocycles. The van der Waals surface area contributed by atoms with E-state index in [2.05, 4.69) is 26.6 Å². The number of likely N-dealkylation sites (N-methyl/N-ethyl adjacent to an activating group) is 1. The summed E-state index contributed by atoms with van der Waals surface area (Å²) in [6, 6.07) is 11.4. The SMILES string of the molecule is CCCCCCC(O)C(F)(F)C(=O)N(C)[C@@H](CC(C)C)C(=O)N[C@H](C(=O)N[C@@H](CNC(=O)OCc1ccccc1)C(=O)N[C@H](C(=O)NCC(=O)O)[C@H](C)OCc1ccccc1)[C@H](C)CC. The number of unbranched alkanes of at least 4 members (excludes halogenated alkanes) is 3. The van der Waals surface area contributed by atoms with Crippen molar-refractivity contribution in [2.24, 2.45) is 11.8 Å². The predicted octanol–water partition coefficient (Wildman–Crippen LogP) is 4.06. The van der Waals surface area contributed by atoms with Crippen LogP contribution in [0.15, 0.2) is 60.7 Å². The van der Waals surface area contributed by atoms with Gasteiger partial charge >= 0.3 is 18.0 Å². The number of carbonyl (C=O) groups is 7. The monoisotopic (exact) mass is 918 g/mol. The highest BCUT2D eigenvalue weighted by molar-refractivity contribution is 5.97. The molecule has 0 saturated heterocycles. The summed E-state index contributed by atoms with van der Waals surface area (Å²) in [5.41, 5.74) is 1.38. The number of carboxylic acid groups (broad SMARTS) is 1. The molecule has 362 valence electrons. The third-order valence-corrected chi connectivity index (χ3v) is 10.7. The zero-order valence-electron chi connectivity index (χ0n) is 38.4. The smallest absolute Gasteiger partial charge is 0.407 e. The van der Waals surface area contributed by atoms with Gasteiger partial charge < -0.3 is 51.2 Å². The second-order valence-electron chi connectivity index (χ2n) is 16.5. The van der Waals surface area contributed by atoms with Gasteiger partial charge in [0.1, 0.15) is 43.4 Å². The summed E-state index contributed by atoms with van der Waals surface area (Å²) < 4.78 is 42.0.